The van der Waals surface area contributed by atoms with Gasteiger partial charge >= 0.3 is 0 Å². The van der Waals surface area contributed by atoms with E-state index in [0.717, 1.165) is 0 Å². The molecule has 0 aromatic heterocycles. The molecule has 1 heteroatoms. The summed E-state index contributed by atoms with van der Waals surface area (Å²) in [5, 5.41) is 3.26. The lowest BCUT2D eigenvalue weighted by Gasteiger charge is -2.19. The van der Waals surface area contributed by atoms with Crippen molar-refractivity contribution < 1.29 is 0 Å². The van der Waals surface area contributed by atoms with Crippen LogP contribution in [-0.4, -0.2) is 13.1 Å². The summed E-state index contributed by atoms with van der Waals surface area (Å²) < 4.78 is 0. The van der Waals surface area contributed by atoms with Gasteiger partial charge in [0.15, 0.2) is 0 Å². The molecule has 0 bridgehead atoms. The second kappa shape index (κ2) is 9.72. The van der Waals surface area contributed by atoms with E-state index in [4.69, 9.17) is 0 Å². The Kier molecular flexibility index (Phi) is 10.8. The standard InChI is InChI=1S/C11H17N.C2H6.CH4/c1-9(10(2)12-3)11-7-5-4-6-8-11;1-2;/h4-10,12H,1-3H3;1-2H3;1H4. The van der Waals surface area contributed by atoms with Crippen LogP contribution in [0, 0.1) is 0 Å². The van der Waals surface area contributed by atoms with Gasteiger partial charge in [-0.1, -0.05) is 58.5 Å². The minimum atomic E-state index is 0. The lowest BCUT2D eigenvalue weighted by molar-refractivity contribution is 0.524. The average molecular weight is 209 g/mol. The van der Waals surface area contributed by atoms with Gasteiger partial charge in [0, 0.05) is 6.04 Å². The van der Waals surface area contributed by atoms with E-state index >= 15 is 0 Å². The first-order valence-electron chi connectivity index (χ1n) is 5.48. The summed E-state index contributed by atoms with van der Waals surface area (Å²) >= 11 is 0. The summed E-state index contributed by atoms with van der Waals surface area (Å²) in [5.41, 5.74) is 1.40. The first-order valence-corrected chi connectivity index (χ1v) is 5.48. The zero-order chi connectivity index (χ0) is 11.0. The van der Waals surface area contributed by atoms with E-state index in [1.165, 1.54) is 5.56 Å². The fourth-order valence-electron chi connectivity index (χ4n) is 1.30. The molecule has 0 aliphatic heterocycles. The van der Waals surface area contributed by atoms with Crippen LogP contribution < -0.4 is 5.32 Å². The van der Waals surface area contributed by atoms with Crippen molar-refractivity contribution in [2.75, 3.05) is 7.05 Å². The smallest absolute Gasteiger partial charge is 0.0102 e. The quantitative estimate of drug-likeness (QED) is 0.791. The Bertz CT molecular complexity index is 218. The number of likely N-dealkylation sites (N-methyl/N-ethyl adjacent to an activating group) is 1. The van der Waals surface area contributed by atoms with Crippen molar-refractivity contribution in [3.05, 3.63) is 35.9 Å². The van der Waals surface area contributed by atoms with Crippen LogP contribution in [0.3, 0.4) is 0 Å². The van der Waals surface area contributed by atoms with Gasteiger partial charge < -0.3 is 5.32 Å². The Morgan fingerprint density at radius 1 is 1.00 bits per heavy atom. The van der Waals surface area contributed by atoms with E-state index in [-0.39, 0.29) is 7.43 Å². The van der Waals surface area contributed by atoms with E-state index in [1.807, 2.05) is 20.9 Å². The molecule has 2 atom stereocenters. The first-order chi connectivity index (χ1) is 6.75. The number of hydrogen-bond donors (Lipinski definition) is 1. The summed E-state index contributed by atoms with van der Waals surface area (Å²) in [7, 11) is 2.00. The summed E-state index contributed by atoms with van der Waals surface area (Å²) in [6, 6.07) is 11.1. The van der Waals surface area contributed by atoms with Crippen molar-refractivity contribution in [2.45, 2.75) is 47.1 Å². The molecule has 0 radical (unpaired) electrons. The zero-order valence-corrected chi connectivity index (χ0v) is 10.0. The third-order valence-electron chi connectivity index (χ3n) is 2.53. The second-order valence-electron chi connectivity index (χ2n) is 3.28. The van der Waals surface area contributed by atoms with Crippen LogP contribution in [0.1, 0.15) is 46.6 Å². The molecule has 0 saturated carbocycles. The molecule has 1 rings (SSSR count). The highest BCUT2D eigenvalue weighted by atomic mass is 14.9. The molecule has 2 unspecified atom stereocenters. The number of rotatable bonds is 3. The molecule has 15 heavy (non-hydrogen) atoms. The van der Waals surface area contributed by atoms with Crippen LogP contribution in [0.25, 0.3) is 0 Å². The number of hydrogen-bond acceptors (Lipinski definition) is 1. The van der Waals surface area contributed by atoms with Crippen molar-refractivity contribution in [3.8, 4) is 0 Å². The second-order valence-corrected chi connectivity index (χ2v) is 3.28. The third kappa shape index (κ3) is 5.58. The number of benzene rings is 1. The summed E-state index contributed by atoms with van der Waals surface area (Å²) in [6.45, 7) is 8.45. The predicted molar refractivity (Wildman–Crippen MR) is 71.5 cm³/mol. The van der Waals surface area contributed by atoms with Gasteiger partial charge in [-0.25, -0.2) is 0 Å². The number of nitrogens with one attached hydrogen (secondary N) is 1. The van der Waals surface area contributed by atoms with Crippen molar-refractivity contribution in [3.63, 3.8) is 0 Å². The normalized spacial score (nSPS) is 12.9. The third-order valence-corrected chi connectivity index (χ3v) is 2.53. The zero-order valence-electron chi connectivity index (χ0n) is 10.0. The molecule has 1 aromatic carbocycles. The van der Waals surface area contributed by atoms with Crippen molar-refractivity contribution in [1.82, 2.24) is 5.32 Å². The van der Waals surface area contributed by atoms with Crippen LogP contribution in [0.2, 0.25) is 0 Å². The van der Waals surface area contributed by atoms with Crippen LogP contribution in [-0.2, 0) is 0 Å². The molecule has 0 saturated heterocycles. The van der Waals surface area contributed by atoms with E-state index in [0.29, 0.717) is 12.0 Å². The molecule has 88 valence electrons. The summed E-state index contributed by atoms with van der Waals surface area (Å²) in [5.74, 6) is 0.580. The Hall–Kier alpha value is -0.820. The lowest BCUT2D eigenvalue weighted by atomic mass is 9.95. The van der Waals surface area contributed by atoms with Gasteiger partial charge in [0.25, 0.3) is 0 Å². The van der Waals surface area contributed by atoms with Crippen LogP contribution in [0.15, 0.2) is 30.3 Å². The van der Waals surface area contributed by atoms with Gasteiger partial charge in [0.05, 0.1) is 0 Å². The van der Waals surface area contributed by atoms with Crippen molar-refractivity contribution >= 4 is 0 Å². The summed E-state index contributed by atoms with van der Waals surface area (Å²) in [4.78, 5) is 0. The van der Waals surface area contributed by atoms with E-state index in [2.05, 4.69) is 49.5 Å². The molecule has 0 aliphatic rings. The average Bonchev–Trinajstić information content (AvgIpc) is 2.31. The van der Waals surface area contributed by atoms with Gasteiger partial charge in [-0.05, 0) is 25.5 Å². The van der Waals surface area contributed by atoms with Crippen molar-refractivity contribution in [2.24, 2.45) is 0 Å². The van der Waals surface area contributed by atoms with Gasteiger partial charge in [-0.3, -0.25) is 0 Å². The highest BCUT2D eigenvalue weighted by Crippen LogP contribution is 2.17. The van der Waals surface area contributed by atoms with Gasteiger partial charge in [-0.2, -0.15) is 0 Å². The predicted octanol–water partition coefficient (Wildman–Crippen LogP) is 4.06. The van der Waals surface area contributed by atoms with E-state index < -0.39 is 0 Å². The molecule has 0 spiro atoms. The van der Waals surface area contributed by atoms with Gasteiger partial charge in [-0.15, -0.1) is 0 Å². The fraction of sp³-hybridized carbons (Fsp3) is 0.571. The summed E-state index contributed by atoms with van der Waals surface area (Å²) in [6.07, 6.45) is 0. The van der Waals surface area contributed by atoms with Crippen molar-refractivity contribution in [1.29, 1.82) is 0 Å². The molecule has 0 fully saturated rings. The molecule has 0 aliphatic carbocycles. The molecule has 0 amide bonds. The molecule has 1 aromatic rings. The maximum Gasteiger partial charge on any atom is 0.0102 e. The van der Waals surface area contributed by atoms with E-state index in [1.54, 1.807) is 0 Å². The highest BCUT2D eigenvalue weighted by molar-refractivity contribution is 5.20. The fourth-order valence-corrected chi connectivity index (χ4v) is 1.30. The SMILES string of the molecule is C.CC.CNC(C)C(C)c1ccccc1. The molecular formula is C14H27N. The topological polar surface area (TPSA) is 12.0 Å². The van der Waals surface area contributed by atoms with Crippen LogP contribution >= 0.6 is 0 Å². The molecule has 1 nitrogen and oxygen atoms in total. The Labute approximate surface area is 95.9 Å². The van der Waals surface area contributed by atoms with Gasteiger partial charge in [0.1, 0.15) is 0 Å². The molecule has 1 N–H and O–H groups in total. The highest BCUT2D eigenvalue weighted by Gasteiger charge is 2.10. The minimum absolute atomic E-state index is 0. The van der Waals surface area contributed by atoms with Crippen LogP contribution in [0.4, 0.5) is 0 Å². The Morgan fingerprint density at radius 3 is 1.87 bits per heavy atom. The van der Waals surface area contributed by atoms with Gasteiger partial charge in [0.2, 0.25) is 0 Å². The largest absolute Gasteiger partial charge is 0.317 e. The maximum atomic E-state index is 3.26. The van der Waals surface area contributed by atoms with Crippen LogP contribution in [0.5, 0.6) is 0 Å². The first kappa shape index (κ1) is 16.6. The lowest BCUT2D eigenvalue weighted by Crippen LogP contribution is -2.27. The Balaban J connectivity index is 0. The molecular weight excluding hydrogens is 182 g/mol. The molecule has 0 heterocycles. The monoisotopic (exact) mass is 209 g/mol. The van der Waals surface area contributed by atoms with E-state index in [9.17, 15) is 0 Å². The Morgan fingerprint density at radius 2 is 1.47 bits per heavy atom. The minimum Gasteiger partial charge on any atom is -0.317 e. The maximum absolute atomic E-state index is 3.26.